The van der Waals surface area contributed by atoms with E-state index in [0.29, 0.717) is 5.82 Å². The largest absolute Gasteiger partial charge is 0.445 e. The fraction of sp³-hybridized carbons (Fsp3) is 0.357. The van der Waals surface area contributed by atoms with Crippen molar-refractivity contribution in [3.05, 3.63) is 48.0 Å². The van der Waals surface area contributed by atoms with Crippen LogP contribution in [0, 0.1) is 5.92 Å². The van der Waals surface area contributed by atoms with Gasteiger partial charge in [0.05, 0.1) is 6.04 Å². The van der Waals surface area contributed by atoms with Crippen molar-refractivity contribution in [2.75, 3.05) is 0 Å². The fourth-order valence-corrected chi connectivity index (χ4v) is 1.79. The van der Waals surface area contributed by atoms with Crippen LogP contribution in [-0.2, 0) is 11.3 Å². The summed E-state index contributed by atoms with van der Waals surface area (Å²) in [5.41, 5.74) is 0.946. The number of ether oxygens (including phenoxy) is 1. The van der Waals surface area contributed by atoms with Crippen molar-refractivity contribution in [1.82, 2.24) is 20.5 Å². The highest BCUT2D eigenvalue weighted by Crippen LogP contribution is 2.17. The lowest BCUT2D eigenvalue weighted by Crippen LogP contribution is -2.32. The molecule has 0 saturated carbocycles. The molecule has 0 aliphatic rings. The third-order valence-corrected chi connectivity index (χ3v) is 2.86. The fourth-order valence-electron chi connectivity index (χ4n) is 1.79. The molecule has 0 saturated heterocycles. The van der Waals surface area contributed by atoms with Crippen LogP contribution < -0.4 is 5.32 Å². The van der Waals surface area contributed by atoms with Crippen molar-refractivity contribution < 1.29 is 9.53 Å². The van der Waals surface area contributed by atoms with Gasteiger partial charge in [-0.3, -0.25) is 5.10 Å². The number of rotatable bonds is 5. The van der Waals surface area contributed by atoms with E-state index in [-0.39, 0.29) is 18.6 Å². The highest BCUT2D eigenvalue weighted by molar-refractivity contribution is 5.67. The van der Waals surface area contributed by atoms with E-state index in [1.54, 1.807) is 0 Å². The van der Waals surface area contributed by atoms with Gasteiger partial charge in [-0.25, -0.2) is 9.78 Å². The molecule has 0 fully saturated rings. The van der Waals surface area contributed by atoms with Crippen LogP contribution in [0.5, 0.6) is 0 Å². The van der Waals surface area contributed by atoms with Crippen LogP contribution in [0.1, 0.15) is 31.3 Å². The molecular weight excluding hydrogens is 256 g/mol. The van der Waals surface area contributed by atoms with Gasteiger partial charge in [0.2, 0.25) is 0 Å². The Morgan fingerprint density at radius 2 is 2.10 bits per heavy atom. The molecule has 2 aromatic rings. The molecule has 0 aliphatic carbocycles. The molecule has 2 rings (SSSR count). The predicted octanol–water partition coefficient (Wildman–Crippen LogP) is 2.43. The van der Waals surface area contributed by atoms with Crippen LogP contribution in [0.2, 0.25) is 0 Å². The van der Waals surface area contributed by atoms with Gasteiger partial charge >= 0.3 is 6.09 Å². The Balaban J connectivity index is 1.89. The first-order valence-electron chi connectivity index (χ1n) is 6.49. The van der Waals surface area contributed by atoms with Crippen molar-refractivity contribution in [3.8, 4) is 0 Å². The number of nitrogens with zero attached hydrogens (tertiary/aromatic N) is 2. The lowest BCUT2D eigenvalue weighted by molar-refractivity contribution is 0.132. The van der Waals surface area contributed by atoms with Crippen molar-refractivity contribution in [1.29, 1.82) is 0 Å². The molecule has 0 aliphatic heterocycles. The number of hydrogen-bond donors (Lipinski definition) is 2. The molecule has 106 valence electrons. The zero-order chi connectivity index (χ0) is 14.4. The Morgan fingerprint density at radius 1 is 1.35 bits per heavy atom. The van der Waals surface area contributed by atoms with Crippen LogP contribution in [0.25, 0.3) is 0 Å². The van der Waals surface area contributed by atoms with Crippen LogP contribution in [-0.4, -0.2) is 21.3 Å². The number of nitrogens with one attached hydrogen (secondary N) is 2. The summed E-state index contributed by atoms with van der Waals surface area (Å²) in [6, 6.07) is 9.26. The second-order valence-corrected chi connectivity index (χ2v) is 4.79. The van der Waals surface area contributed by atoms with Crippen LogP contribution in [0.4, 0.5) is 4.79 Å². The van der Waals surface area contributed by atoms with Crippen molar-refractivity contribution in [2.45, 2.75) is 26.5 Å². The van der Waals surface area contributed by atoms with Gasteiger partial charge in [0, 0.05) is 0 Å². The Labute approximate surface area is 117 Å². The Bertz CT molecular complexity index is 525. The van der Waals surface area contributed by atoms with Crippen molar-refractivity contribution >= 4 is 6.09 Å². The molecule has 2 N–H and O–H groups in total. The lowest BCUT2D eigenvalue weighted by atomic mass is 10.0. The average molecular weight is 274 g/mol. The van der Waals surface area contributed by atoms with Gasteiger partial charge in [0.1, 0.15) is 12.9 Å². The van der Waals surface area contributed by atoms with Gasteiger partial charge in [0.15, 0.2) is 5.82 Å². The molecule has 0 unspecified atom stereocenters. The van der Waals surface area contributed by atoms with E-state index < -0.39 is 6.09 Å². The van der Waals surface area contributed by atoms with Crippen LogP contribution in [0.3, 0.4) is 0 Å². The molecule has 1 atom stereocenters. The van der Waals surface area contributed by atoms with Gasteiger partial charge in [-0.05, 0) is 11.5 Å². The Hall–Kier alpha value is -2.37. The number of aromatic amines is 1. The van der Waals surface area contributed by atoms with Gasteiger partial charge < -0.3 is 10.1 Å². The predicted molar refractivity (Wildman–Crippen MR) is 73.7 cm³/mol. The molecule has 1 aromatic carbocycles. The first-order chi connectivity index (χ1) is 9.66. The van der Waals surface area contributed by atoms with E-state index in [2.05, 4.69) is 20.5 Å². The zero-order valence-electron chi connectivity index (χ0n) is 11.5. The monoisotopic (exact) mass is 274 g/mol. The maximum Gasteiger partial charge on any atom is 0.408 e. The molecule has 0 bridgehead atoms. The van der Waals surface area contributed by atoms with Gasteiger partial charge in [-0.2, -0.15) is 5.10 Å². The van der Waals surface area contributed by atoms with E-state index in [1.165, 1.54) is 6.33 Å². The minimum absolute atomic E-state index is 0.162. The normalized spacial score (nSPS) is 12.2. The summed E-state index contributed by atoms with van der Waals surface area (Å²) in [5.74, 6) is 0.715. The smallest absolute Gasteiger partial charge is 0.408 e. The van der Waals surface area contributed by atoms with Gasteiger partial charge in [-0.1, -0.05) is 44.2 Å². The maximum absolute atomic E-state index is 11.8. The molecule has 6 heteroatoms. The Kier molecular flexibility index (Phi) is 4.70. The van der Waals surface area contributed by atoms with Crippen molar-refractivity contribution in [2.24, 2.45) is 5.92 Å². The average Bonchev–Trinajstić information content (AvgIpc) is 2.97. The summed E-state index contributed by atoms with van der Waals surface area (Å²) >= 11 is 0. The quantitative estimate of drug-likeness (QED) is 0.877. The number of aromatic nitrogens is 3. The third kappa shape index (κ3) is 3.81. The van der Waals surface area contributed by atoms with E-state index in [0.717, 1.165) is 5.56 Å². The third-order valence-electron chi connectivity index (χ3n) is 2.86. The molecule has 0 radical (unpaired) electrons. The molecule has 6 nitrogen and oxygen atoms in total. The van der Waals surface area contributed by atoms with E-state index >= 15 is 0 Å². The number of carbonyl (C=O) groups excluding carboxylic acids is 1. The molecular formula is C14H18N4O2. The summed E-state index contributed by atoms with van der Waals surface area (Å²) in [5, 5.41) is 9.43. The molecule has 20 heavy (non-hydrogen) atoms. The summed E-state index contributed by atoms with van der Waals surface area (Å²) < 4.78 is 5.19. The Morgan fingerprint density at radius 3 is 2.70 bits per heavy atom. The summed E-state index contributed by atoms with van der Waals surface area (Å²) in [6.45, 7) is 4.21. The first kappa shape index (κ1) is 14.0. The number of alkyl carbamates (subject to hydrolysis) is 1. The standard InChI is InChI=1S/C14H18N4O2/c1-10(2)12(13-15-9-16-18-13)17-14(19)20-8-11-6-4-3-5-7-11/h3-7,9-10,12H,8H2,1-2H3,(H,17,19)(H,15,16,18)/t12-/m0/s1. The number of H-pyrrole nitrogens is 1. The molecule has 1 heterocycles. The van der Waals surface area contributed by atoms with E-state index in [1.807, 2.05) is 44.2 Å². The highest BCUT2D eigenvalue weighted by atomic mass is 16.5. The summed E-state index contributed by atoms with van der Waals surface area (Å²) in [6.07, 6.45) is 1.01. The van der Waals surface area contributed by atoms with Gasteiger partial charge in [0.25, 0.3) is 0 Å². The minimum atomic E-state index is -0.475. The zero-order valence-corrected chi connectivity index (χ0v) is 11.5. The minimum Gasteiger partial charge on any atom is -0.445 e. The van der Waals surface area contributed by atoms with Crippen LogP contribution in [0.15, 0.2) is 36.7 Å². The van der Waals surface area contributed by atoms with E-state index in [4.69, 9.17) is 4.74 Å². The number of carbonyl (C=O) groups is 1. The lowest BCUT2D eigenvalue weighted by Gasteiger charge is -2.19. The van der Waals surface area contributed by atoms with Gasteiger partial charge in [-0.15, -0.1) is 0 Å². The van der Waals surface area contributed by atoms with E-state index in [9.17, 15) is 4.79 Å². The maximum atomic E-state index is 11.8. The van der Waals surface area contributed by atoms with Crippen LogP contribution >= 0.6 is 0 Å². The molecule has 0 spiro atoms. The SMILES string of the molecule is CC(C)[C@H](NC(=O)OCc1ccccc1)c1nc[nH]n1. The second kappa shape index (κ2) is 6.70. The summed E-state index contributed by atoms with van der Waals surface area (Å²) in [7, 11) is 0. The second-order valence-electron chi connectivity index (χ2n) is 4.79. The summed E-state index contributed by atoms with van der Waals surface area (Å²) in [4.78, 5) is 15.9. The van der Waals surface area contributed by atoms with Crippen molar-refractivity contribution in [3.63, 3.8) is 0 Å². The number of benzene rings is 1. The number of amides is 1. The molecule has 1 aromatic heterocycles. The highest BCUT2D eigenvalue weighted by Gasteiger charge is 2.22. The molecule has 1 amide bonds. The first-order valence-corrected chi connectivity index (χ1v) is 6.49. The topological polar surface area (TPSA) is 79.9 Å². The number of hydrogen-bond acceptors (Lipinski definition) is 4.